The van der Waals surface area contributed by atoms with Crippen LogP contribution in [0.25, 0.3) is 22.3 Å². The highest BCUT2D eigenvalue weighted by molar-refractivity contribution is 7.09. The van der Waals surface area contributed by atoms with Gasteiger partial charge in [0.1, 0.15) is 40.1 Å². The van der Waals surface area contributed by atoms with Gasteiger partial charge < -0.3 is 23.9 Å². The summed E-state index contributed by atoms with van der Waals surface area (Å²) in [6, 6.07) is 9.06. The molecule has 9 heteroatoms. The van der Waals surface area contributed by atoms with E-state index in [1.807, 2.05) is 5.38 Å². The van der Waals surface area contributed by atoms with Crippen LogP contribution in [0.1, 0.15) is 15.4 Å². The second-order valence-electron chi connectivity index (χ2n) is 7.25. The van der Waals surface area contributed by atoms with Crippen LogP contribution in [-0.4, -0.2) is 42.4 Å². The molecule has 0 atom stereocenters. The minimum Gasteiger partial charge on any atom is -0.484 e. The lowest BCUT2D eigenvalue weighted by atomic mass is 10.0. The molecule has 0 amide bonds. The van der Waals surface area contributed by atoms with Crippen LogP contribution < -0.4 is 9.64 Å². The number of furan rings is 1. The van der Waals surface area contributed by atoms with E-state index in [4.69, 9.17) is 13.9 Å². The van der Waals surface area contributed by atoms with Crippen molar-refractivity contribution in [3.05, 3.63) is 64.4 Å². The number of carboxylic acid groups (broad SMARTS) is 1. The minimum atomic E-state index is -1.13. The molecule has 1 N–H and O–H groups in total. The van der Waals surface area contributed by atoms with Crippen molar-refractivity contribution in [1.82, 2.24) is 4.98 Å². The van der Waals surface area contributed by atoms with Crippen LogP contribution in [0.5, 0.6) is 5.75 Å². The minimum absolute atomic E-state index is 0.0132. The second kappa shape index (κ2) is 8.60. The fraction of sp³-hybridized carbons (Fsp3) is 0.217. The number of carboxylic acids is 1. The number of nitrogens with zero attached hydrogens (tertiary/aromatic N) is 2. The van der Waals surface area contributed by atoms with E-state index in [2.05, 4.69) is 9.88 Å². The Morgan fingerprint density at radius 1 is 1.22 bits per heavy atom. The molecule has 4 aromatic rings. The van der Waals surface area contributed by atoms with E-state index < -0.39 is 11.8 Å². The first-order valence-corrected chi connectivity index (χ1v) is 10.9. The maximum atomic E-state index is 13.4. The maximum Gasteiger partial charge on any atom is 0.340 e. The molecule has 1 aliphatic heterocycles. The number of rotatable bonds is 6. The fourth-order valence-electron chi connectivity index (χ4n) is 3.76. The molecule has 5 rings (SSSR count). The monoisotopic (exact) mass is 454 g/mol. The van der Waals surface area contributed by atoms with Crippen LogP contribution in [0, 0.1) is 5.82 Å². The lowest BCUT2D eigenvalue weighted by molar-refractivity contribution is 0.0699. The van der Waals surface area contributed by atoms with Crippen LogP contribution in [0.2, 0.25) is 0 Å². The van der Waals surface area contributed by atoms with Gasteiger partial charge in [0.25, 0.3) is 0 Å². The van der Waals surface area contributed by atoms with Gasteiger partial charge >= 0.3 is 5.97 Å². The highest BCUT2D eigenvalue weighted by Gasteiger charge is 2.25. The van der Waals surface area contributed by atoms with Gasteiger partial charge in [0.2, 0.25) is 0 Å². The van der Waals surface area contributed by atoms with Crippen molar-refractivity contribution < 1.29 is 28.2 Å². The van der Waals surface area contributed by atoms with E-state index in [0.29, 0.717) is 48.6 Å². The Hall–Kier alpha value is -3.43. The normalized spacial score (nSPS) is 14.1. The van der Waals surface area contributed by atoms with E-state index in [1.54, 1.807) is 18.3 Å². The summed E-state index contributed by atoms with van der Waals surface area (Å²) in [7, 11) is 0. The van der Waals surface area contributed by atoms with Gasteiger partial charge in [0, 0.05) is 41.7 Å². The molecule has 2 aromatic heterocycles. The zero-order valence-corrected chi connectivity index (χ0v) is 17.7. The van der Waals surface area contributed by atoms with E-state index in [-0.39, 0.29) is 17.9 Å². The Kier molecular flexibility index (Phi) is 5.50. The zero-order valence-electron chi connectivity index (χ0n) is 16.9. The summed E-state index contributed by atoms with van der Waals surface area (Å²) in [5.74, 6) is -0.816. The molecule has 32 heavy (non-hydrogen) atoms. The number of aromatic carboxylic acids is 1. The molecular weight excluding hydrogens is 435 g/mol. The van der Waals surface area contributed by atoms with Crippen molar-refractivity contribution in [2.24, 2.45) is 0 Å². The predicted octanol–water partition coefficient (Wildman–Crippen LogP) is 4.81. The van der Waals surface area contributed by atoms with Crippen molar-refractivity contribution in [1.29, 1.82) is 0 Å². The molecule has 164 valence electrons. The first kappa shape index (κ1) is 20.5. The summed E-state index contributed by atoms with van der Waals surface area (Å²) in [4.78, 5) is 18.5. The number of carbonyl (C=O) groups is 1. The molecule has 7 nitrogen and oxygen atoms in total. The Morgan fingerprint density at radius 3 is 2.69 bits per heavy atom. The smallest absolute Gasteiger partial charge is 0.340 e. The Labute approximate surface area is 186 Å². The molecule has 2 aromatic carbocycles. The fourth-order valence-corrected chi connectivity index (χ4v) is 4.29. The third-order valence-electron chi connectivity index (χ3n) is 5.28. The van der Waals surface area contributed by atoms with Gasteiger partial charge in [-0.15, -0.1) is 11.3 Å². The first-order valence-electron chi connectivity index (χ1n) is 10.0. The summed E-state index contributed by atoms with van der Waals surface area (Å²) in [5.41, 5.74) is 1.72. The molecule has 0 spiro atoms. The number of fused-ring (bicyclic) bond motifs is 1. The molecule has 3 heterocycles. The Balaban J connectivity index is 1.64. The summed E-state index contributed by atoms with van der Waals surface area (Å²) in [6.07, 6.45) is 1.71. The van der Waals surface area contributed by atoms with Crippen molar-refractivity contribution in [3.63, 3.8) is 0 Å². The molecular formula is C23H19FN2O5S. The van der Waals surface area contributed by atoms with Crippen molar-refractivity contribution >= 4 is 34.0 Å². The van der Waals surface area contributed by atoms with Gasteiger partial charge in [-0.2, -0.15) is 0 Å². The molecule has 1 aliphatic rings. The maximum absolute atomic E-state index is 13.4. The summed E-state index contributed by atoms with van der Waals surface area (Å²) in [5, 5.41) is 13.1. The van der Waals surface area contributed by atoms with Crippen molar-refractivity contribution in [2.75, 3.05) is 31.2 Å². The van der Waals surface area contributed by atoms with Crippen LogP contribution in [0.4, 0.5) is 10.1 Å². The molecule has 0 unspecified atom stereocenters. The largest absolute Gasteiger partial charge is 0.484 e. The second-order valence-corrected chi connectivity index (χ2v) is 8.23. The van der Waals surface area contributed by atoms with Crippen molar-refractivity contribution in [3.8, 4) is 17.1 Å². The van der Waals surface area contributed by atoms with Gasteiger partial charge in [0.05, 0.1) is 18.9 Å². The first-order chi connectivity index (χ1) is 15.6. The van der Waals surface area contributed by atoms with Gasteiger partial charge in [-0.05, 0) is 30.3 Å². The standard InChI is InChI=1S/C23H19FN2O5S/c24-15-3-1-14(2-4-15)22-21(23(27)28)16-11-19(30-13-20-25-5-10-32-20)17(12-18(16)31-22)26-6-8-29-9-7-26/h1-5,10-12H,6-9,13H2,(H,27,28). The highest BCUT2D eigenvalue weighted by atomic mass is 32.1. The van der Waals surface area contributed by atoms with Gasteiger partial charge in [-0.25, -0.2) is 14.2 Å². The molecule has 0 aliphatic carbocycles. The van der Waals surface area contributed by atoms with Crippen LogP contribution in [0.15, 0.2) is 52.4 Å². The Morgan fingerprint density at radius 2 is 2.00 bits per heavy atom. The number of benzene rings is 2. The number of anilines is 1. The average molecular weight is 454 g/mol. The third kappa shape index (κ3) is 3.92. The molecule has 1 fully saturated rings. The number of thiazole rings is 1. The number of halogens is 1. The molecule has 0 bridgehead atoms. The lowest BCUT2D eigenvalue weighted by Gasteiger charge is -2.30. The van der Waals surface area contributed by atoms with E-state index in [9.17, 15) is 14.3 Å². The summed E-state index contributed by atoms with van der Waals surface area (Å²) in [6.45, 7) is 2.80. The molecule has 0 radical (unpaired) electrons. The zero-order chi connectivity index (χ0) is 22.1. The quantitative estimate of drug-likeness (QED) is 0.448. The average Bonchev–Trinajstić information content (AvgIpc) is 3.45. The van der Waals surface area contributed by atoms with Crippen LogP contribution in [0.3, 0.4) is 0 Å². The number of hydrogen-bond donors (Lipinski definition) is 1. The third-order valence-corrected chi connectivity index (χ3v) is 6.03. The number of aromatic nitrogens is 1. The van der Waals surface area contributed by atoms with Gasteiger partial charge in [-0.1, -0.05) is 0 Å². The summed E-state index contributed by atoms with van der Waals surface area (Å²) >= 11 is 1.48. The van der Waals surface area contributed by atoms with E-state index in [0.717, 1.165) is 10.7 Å². The van der Waals surface area contributed by atoms with Crippen molar-refractivity contribution in [2.45, 2.75) is 6.61 Å². The summed E-state index contributed by atoms with van der Waals surface area (Å²) < 4.78 is 30.9. The Bertz CT molecular complexity index is 1250. The SMILES string of the molecule is O=C(O)c1c(-c2ccc(F)cc2)oc2cc(N3CCOCC3)c(OCc3nccs3)cc12. The van der Waals surface area contributed by atoms with Crippen LogP contribution >= 0.6 is 11.3 Å². The van der Waals surface area contributed by atoms with Gasteiger partial charge in [0.15, 0.2) is 0 Å². The highest BCUT2D eigenvalue weighted by Crippen LogP contribution is 2.41. The van der Waals surface area contributed by atoms with E-state index >= 15 is 0 Å². The van der Waals surface area contributed by atoms with Gasteiger partial charge in [-0.3, -0.25) is 0 Å². The molecule has 0 saturated carbocycles. The van der Waals surface area contributed by atoms with Crippen LogP contribution in [-0.2, 0) is 11.3 Å². The number of morpholine rings is 1. The molecule has 1 saturated heterocycles. The number of hydrogen-bond acceptors (Lipinski definition) is 7. The lowest BCUT2D eigenvalue weighted by Crippen LogP contribution is -2.36. The van der Waals surface area contributed by atoms with E-state index in [1.165, 1.54) is 35.6 Å². The predicted molar refractivity (Wildman–Crippen MR) is 118 cm³/mol. The topological polar surface area (TPSA) is 85.0 Å². The number of ether oxygens (including phenoxy) is 2.